The zero-order valence-corrected chi connectivity index (χ0v) is 13.0. The van der Waals surface area contributed by atoms with Crippen molar-refractivity contribution in [3.63, 3.8) is 0 Å². The van der Waals surface area contributed by atoms with Crippen LogP contribution in [0.25, 0.3) is 0 Å². The van der Waals surface area contributed by atoms with E-state index in [-0.39, 0.29) is 5.75 Å². The van der Waals surface area contributed by atoms with Crippen molar-refractivity contribution < 1.29 is 22.7 Å². The van der Waals surface area contributed by atoms with Crippen molar-refractivity contribution in [1.82, 2.24) is 15.5 Å². The molecule has 1 unspecified atom stereocenters. The number of aryl methyl sites for hydroxylation is 1. The molecule has 1 atom stereocenters. The SMILES string of the molecule is Cc1nnc(NC(=O)NC(C)c2ccc(OC(F)(F)F)cc2)s1. The van der Waals surface area contributed by atoms with Crippen LogP contribution in [0.5, 0.6) is 5.75 Å². The summed E-state index contributed by atoms with van der Waals surface area (Å²) in [4.78, 5) is 11.8. The number of carbonyl (C=O) groups is 1. The second-order valence-electron chi connectivity index (χ2n) is 4.56. The maximum absolute atomic E-state index is 12.1. The van der Waals surface area contributed by atoms with Gasteiger partial charge < -0.3 is 10.1 Å². The molecule has 2 amide bonds. The number of benzene rings is 1. The number of alkyl halides is 3. The van der Waals surface area contributed by atoms with E-state index in [0.717, 1.165) is 0 Å². The molecular weight excluding hydrogens is 333 g/mol. The van der Waals surface area contributed by atoms with Crippen molar-refractivity contribution in [3.05, 3.63) is 34.8 Å². The lowest BCUT2D eigenvalue weighted by atomic mass is 10.1. The van der Waals surface area contributed by atoms with Gasteiger partial charge in [0.25, 0.3) is 0 Å². The average molecular weight is 346 g/mol. The van der Waals surface area contributed by atoms with E-state index in [1.807, 2.05) is 0 Å². The number of nitrogens with zero attached hydrogens (tertiary/aromatic N) is 2. The summed E-state index contributed by atoms with van der Waals surface area (Å²) in [5.74, 6) is -0.317. The number of urea groups is 1. The molecule has 6 nitrogen and oxygen atoms in total. The minimum atomic E-state index is -4.73. The van der Waals surface area contributed by atoms with Crippen molar-refractivity contribution in [2.75, 3.05) is 5.32 Å². The van der Waals surface area contributed by atoms with Gasteiger partial charge in [-0.25, -0.2) is 4.79 Å². The number of rotatable bonds is 4. The van der Waals surface area contributed by atoms with Crippen molar-refractivity contribution in [2.24, 2.45) is 0 Å². The predicted octanol–water partition coefficient (Wildman–Crippen LogP) is 3.63. The molecule has 23 heavy (non-hydrogen) atoms. The zero-order valence-electron chi connectivity index (χ0n) is 12.1. The maximum Gasteiger partial charge on any atom is 0.573 e. The van der Waals surface area contributed by atoms with E-state index in [1.165, 1.54) is 35.6 Å². The highest BCUT2D eigenvalue weighted by Crippen LogP contribution is 2.24. The van der Waals surface area contributed by atoms with E-state index >= 15 is 0 Å². The molecule has 0 bridgehead atoms. The van der Waals surface area contributed by atoms with E-state index in [2.05, 4.69) is 25.6 Å². The number of amides is 2. The number of ether oxygens (including phenoxy) is 1. The molecule has 0 fully saturated rings. The van der Waals surface area contributed by atoms with Crippen LogP contribution in [0, 0.1) is 6.92 Å². The molecule has 2 aromatic rings. The van der Waals surface area contributed by atoms with Crippen molar-refractivity contribution in [3.8, 4) is 5.75 Å². The third-order valence-electron chi connectivity index (χ3n) is 2.71. The van der Waals surface area contributed by atoms with Gasteiger partial charge in [-0.1, -0.05) is 23.5 Å². The summed E-state index contributed by atoms with van der Waals surface area (Å²) in [6.07, 6.45) is -4.73. The lowest BCUT2D eigenvalue weighted by Crippen LogP contribution is -2.31. The molecule has 1 aromatic heterocycles. The number of anilines is 1. The first kappa shape index (κ1) is 17.0. The van der Waals surface area contributed by atoms with E-state index < -0.39 is 18.4 Å². The Morgan fingerprint density at radius 1 is 1.26 bits per heavy atom. The van der Waals surface area contributed by atoms with Crippen LogP contribution in [0.4, 0.5) is 23.1 Å². The predicted molar refractivity (Wildman–Crippen MR) is 78.3 cm³/mol. The van der Waals surface area contributed by atoms with E-state index in [1.54, 1.807) is 13.8 Å². The van der Waals surface area contributed by atoms with Crippen LogP contribution < -0.4 is 15.4 Å². The van der Waals surface area contributed by atoms with Gasteiger partial charge in [0.15, 0.2) is 0 Å². The van der Waals surface area contributed by atoms with E-state index in [4.69, 9.17) is 0 Å². The monoisotopic (exact) mass is 346 g/mol. The van der Waals surface area contributed by atoms with Gasteiger partial charge in [-0.15, -0.1) is 23.4 Å². The van der Waals surface area contributed by atoms with E-state index in [0.29, 0.717) is 15.7 Å². The van der Waals surface area contributed by atoms with Gasteiger partial charge in [0.2, 0.25) is 5.13 Å². The Labute approximate surface area is 133 Å². The largest absolute Gasteiger partial charge is 0.573 e. The Balaban J connectivity index is 1.92. The molecule has 0 aliphatic rings. The first-order valence-corrected chi connectivity index (χ1v) is 7.28. The molecule has 124 valence electrons. The highest BCUT2D eigenvalue weighted by atomic mass is 32.1. The molecule has 0 spiro atoms. The number of nitrogens with one attached hydrogen (secondary N) is 2. The summed E-state index contributed by atoms with van der Waals surface area (Å²) in [6.45, 7) is 3.46. The molecule has 0 aliphatic carbocycles. The van der Waals surface area contributed by atoms with Crippen LogP contribution in [-0.4, -0.2) is 22.6 Å². The fraction of sp³-hybridized carbons (Fsp3) is 0.308. The Morgan fingerprint density at radius 3 is 2.43 bits per heavy atom. The van der Waals surface area contributed by atoms with Crippen molar-refractivity contribution in [1.29, 1.82) is 0 Å². The van der Waals surface area contributed by atoms with Gasteiger partial charge in [0, 0.05) is 0 Å². The van der Waals surface area contributed by atoms with Crippen molar-refractivity contribution in [2.45, 2.75) is 26.3 Å². The van der Waals surface area contributed by atoms with Crippen LogP contribution in [0.15, 0.2) is 24.3 Å². The Kier molecular flexibility index (Phi) is 5.04. The summed E-state index contributed by atoms with van der Waals surface area (Å²) in [6, 6.07) is 4.37. The summed E-state index contributed by atoms with van der Waals surface area (Å²) < 4.78 is 40.0. The van der Waals surface area contributed by atoms with Crippen molar-refractivity contribution >= 4 is 22.5 Å². The highest BCUT2D eigenvalue weighted by Gasteiger charge is 2.31. The van der Waals surface area contributed by atoms with Gasteiger partial charge >= 0.3 is 12.4 Å². The molecule has 1 aromatic carbocycles. The maximum atomic E-state index is 12.1. The molecule has 1 heterocycles. The Hall–Kier alpha value is -2.36. The molecule has 10 heteroatoms. The zero-order chi connectivity index (χ0) is 17.0. The number of aromatic nitrogens is 2. The molecule has 2 rings (SSSR count). The molecule has 0 saturated heterocycles. The van der Waals surface area contributed by atoms with Crippen LogP contribution in [-0.2, 0) is 0 Å². The van der Waals surface area contributed by atoms with Gasteiger partial charge in [-0.3, -0.25) is 5.32 Å². The second-order valence-corrected chi connectivity index (χ2v) is 5.74. The van der Waals surface area contributed by atoms with Crippen LogP contribution in [0.3, 0.4) is 0 Å². The Bertz CT molecular complexity index is 673. The summed E-state index contributed by atoms with van der Waals surface area (Å²) in [5, 5.41) is 13.8. The topological polar surface area (TPSA) is 76.1 Å². The number of hydrogen-bond donors (Lipinski definition) is 2. The summed E-state index contributed by atoms with van der Waals surface area (Å²) >= 11 is 1.23. The minimum absolute atomic E-state index is 0.317. The fourth-order valence-electron chi connectivity index (χ4n) is 1.72. The summed E-state index contributed by atoms with van der Waals surface area (Å²) in [5.41, 5.74) is 0.628. The van der Waals surface area contributed by atoms with Gasteiger partial charge in [-0.05, 0) is 31.5 Å². The third kappa shape index (κ3) is 5.40. The van der Waals surface area contributed by atoms with Crippen LogP contribution in [0.2, 0.25) is 0 Å². The molecule has 0 radical (unpaired) electrons. The summed E-state index contributed by atoms with van der Waals surface area (Å²) in [7, 11) is 0. The molecule has 0 aliphatic heterocycles. The quantitative estimate of drug-likeness (QED) is 0.886. The lowest BCUT2D eigenvalue weighted by molar-refractivity contribution is -0.274. The Morgan fingerprint density at radius 2 is 1.91 bits per heavy atom. The number of halogens is 3. The minimum Gasteiger partial charge on any atom is -0.406 e. The van der Waals surface area contributed by atoms with Gasteiger partial charge in [0.05, 0.1) is 6.04 Å². The normalized spacial score (nSPS) is 12.6. The smallest absolute Gasteiger partial charge is 0.406 e. The second kappa shape index (κ2) is 6.82. The van der Waals surface area contributed by atoms with Gasteiger partial charge in [0.1, 0.15) is 10.8 Å². The molecule has 0 saturated carbocycles. The third-order valence-corrected chi connectivity index (χ3v) is 3.46. The standard InChI is InChI=1S/C13H13F3N4O2S/c1-7(17-11(21)18-12-20-19-8(2)23-12)9-3-5-10(6-4-9)22-13(14,15)16/h3-7H,1-2H3,(H2,17,18,20,21). The van der Waals surface area contributed by atoms with Crippen LogP contribution in [0.1, 0.15) is 23.5 Å². The lowest BCUT2D eigenvalue weighted by Gasteiger charge is -2.15. The molecule has 2 N–H and O–H groups in total. The van der Waals surface area contributed by atoms with Crippen LogP contribution >= 0.6 is 11.3 Å². The van der Waals surface area contributed by atoms with E-state index in [9.17, 15) is 18.0 Å². The fourth-order valence-corrected chi connectivity index (χ4v) is 2.31. The first-order valence-electron chi connectivity index (χ1n) is 6.46. The number of hydrogen-bond acceptors (Lipinski definition) is 5. The first-order chi connectivity index (χ1) is 10.7. The van der Waals surface area contributed by atoms with Gasteiger partial charge in [-0.2, -0.15) is 0 Å². The highest BCUT2D eigenvalue weighted by molar-refractivity contribution is 7.15. The number of carbonyl (C=O) groups excluding carboxylic acids is 1. The molecular formula is C13H13F3N4O2S. The average Bonchev–Trinajstić information content (AvgIpc) is 2.82.